The molecule has 0 bridgehead atoms. The molecule has 110 valence electrons. The molecule has 0 radical (unpaired) electrons. The van der Waals surface area contributed by atoms with Crippen molar-refractivity contribution in [1.82, 2.24) is 4.90 Å². The minimum atomic E-state index is -1.22. The average molecular weight is 264 g/mol. The number of rotatable bonds is 11. The van der Waals surface area contributed by atoms with Crippen LogP contribution in [0.1, 0.15) is 25.7 Å². The summed E-state index contributed by atoms with van der Waals surface area (Å²) in [6, 6.07) is -0.554. The van der Waals surface area contributed by atoms with Crippen LogP contribution in [0.2, 0.25) is 0 Å². The first-order valence-electron chi connectivity index (χ1n) is 6.56. The maximum atomic E-state index is 9.76. The van der Waals surface area contributed by atoms with Crippen molar-refractivity contribution in [3.8, 4) is 0 Å². The van der Waals surface area contributed by atoms with Gasteiger partial charge in [0.2, 0.25) is 0 Å². The Morgan fingerprint density at radius 2 is 1.61 bits per heavy atom. The van der Waals surface area contributed by atoms with E-state index < -0.39 is 24.9 Å². The number of hydrogen-bond acceptors (Lipinski definition) is 6. The van der Waals surface area contributed by atoms with E-state index in [1.807, 2.05) is 4.90 Å². The summed E-state index contributed by atoms with van der Waals surface area (Å²) in [7, 11) is 1.79. The summed E-state index contributed by atoms with van der Waals surface area (Å²) in [5.41, 5.74) is 5.40. The summed E-state index contributed by atoms with van der Waals surface area (Å²) >= 11 is 0. The smallest absolute Gasteiger partial charge is 0.104 e. The zero-order chi connectivity index (χ0) is 14.0. The van der Waals surface area contributed by atoms with Crippen LogP contribution in [-0.4, -0.2) is 76.9 Å². The van der Waals surface area contributed by atoms with Crippen molar-refractivity contribution < 1.29 is 20.4 Å². The zero-order valence-corrected chi connectivity index (χ0v) is 11.2. The summed E-state index contributed by atoms with van der Waals surface area (Å²) < 4.78 is 0. The quantitative estimate of drug-likeness (QED) is 0.291. The Bertz CT molecular complexity index is 195. The Balaban J connectivity index is 3.98. The highest BCUT2D eigenvalue weighted by Crippen LogP contribution is 2.09. The molecule has 0 aliphatic rings. The van der Waals surface area contributed by atoms with E-state index >= 15 is 0 Å². The second-order valence-electron chi connectivity index (χ2n) is 4.67. The molecule has 0 aliphatic carbocycles. The number of aliphatic hydroxyl groups is 4. The van der Waals surface area contributed by atoms with Crippen molar-refractivity contribution in [2.45, 2.75) is 43.9 Å². The Labute approximate surface area is 109 Å². The SMILES string of the molecule is CN(CCCCCCN)[C@H](CO)[C@@H](O)[C@H](O)CO. The van der Waals surface area contributed by atoms with Crippen LogP contribution in [0.5, 0.6) is 0 Å². The van der Waals surface area contributed by atoms with Crippen molar-refractivity contribution in [1.29, 1.82) is 0 Å². The standard InChI is InChI=1S/C12H28N2O4/c1-14(7-5-3-2-4-6-13)10(8-15)12(18)11(17)9-16/h10-12,15-18H,2-9,13H2,1H3/t10-,11-,12-/m1/s1. The van der Waals surface area contributed by atoms with Gasteiger partial charge in [-0.3, -0.25) is 4.90 Å². The molecule has 0 saturated heterocycles. The highest BCUT2D eigenvalue weighted by molar-refractivity contribution is 4.81. The van der Waals surface area contributed by atoms with E-state index in [0.29, 0.717) is 6.54 Å². The van der Waals surface area contributed by atoms with Crippen LogP contribution >= 0.6 is 0 Å². The Hall–Kier alpha value is -0.240. The van der Waals surface area contributed by atoms with Gasteiger partial charge < -0.3 is 26.2 Å². The maximum absolute atomic E-state index is 9.76. The van der Waals surface area contributed by atoms with Gasteiger partial charge in [0.15, 0.2) is 0 Å². The summed E-state index contributed by atoms with van der Waals surface area (Å²) in [4.78, 5) is 1.81. The van der Waals surface area contributed by atoms with Gasteiger partial charge in [-0.15, -0.1) is 0 Å². The number of hydrogen-bond donors (Lipinski definition) is 5. The minimum absolute atomic E-state index is 0.252. The van der Waals surface area contributed by atoms with Crippen molar-refractivity contribution in [3.05, 3.63) is 0 Å². The first-order valence-corrected chi connectivity index (χ1v) is 6.56. The van der Waals surface area contributed by atoms with E-state index in [9.17, 15) is 15.3 Å². The lowest BCUT2D eigenvalue weighted by Gasteiger charge is -2.32. The molecule has 0 aliphatic heterocycles. The van der Waals surface area contributed by atoms with Crippen molar-refractivity contribution in [2.24, 2.45) is 5.73 Å². The van der Waals surface area contributed by atoms with Crippen LogP contribution in [-0.2, 0) is 0 Å². The number of likely N-dealkylation sites (N-methyl/N-ethyl adjacent to an activating group) is 1. The Morgan fingerprint density at radius 3 is 2.11 bits per heavy atom. The van der Waals surface area contributed by atoms with E-state index in [4.69, 9.17) is 10.8 Å². The molecular formula is C12H28N2O4. The first-order chi connectivity index (χ1) is 8.58. The molecule has 6 N–H and O–H groups in total. The average Bonchev–Trinajstić information content (AvgIpc) is 2.38. The van der Waals surface area contributed by atoms with Crippen molar-refractivity contribution in [2.75, 3.05) is 33.4 Å². The van der Waals surface area contributed by atoms with Crippen LogP contribution in [0.15, 0.2) is 0 Å². The van der Waals surface area contributed by atoms with Crippen LogP contribution in [0.4, 0.5) is 0 Å². The third kappa shape index (κ3) is 6.63. The fourth-order valence-corrected chi connectivity index (χ4v) is 1.90. The zero-order valence-electron chi connectivity index (χ0n) is 11.2. The lowest BCUT2D eigenvalue weighted by atomic mass is 10.0. The van der Waals surface area contributed by atoms with Gasteiger partial charge in [0.1, 0.15) is 6.10 Å². The lowest BCUT2D eigenvalue weighted by molar-refractivity contribution is -0.0665. The molecule has 0 fully saturated rings. The fraction of sp³-hybridized carbons (Fsp3) is 1.00. The largest absolute Gasteiger partial charge is 0.395 e. The van der Waals surface area contributed by atoms with Gasteiger partial charge in [-0.1, -0.05) is 12.8 Å². The second-order valence-corrected chi connectivity index (χ2v) is 4.67. The predicted octanol–water partition coefficient (Wildman–Crippen LogP) is -1.49. The lowest BCUT2D eigenvalue weighted by Crippen LogP contribution is -2.50. The summed E-state index contributed by atoms with van der Waals surface area (Å²) in [5.74, 6) is 0. The van der Waals surface area contributed by atoms with Crippen LogP contribution in [0.3, 0.4) is 0 Å². The normalized spacial score (nSPS) is 16.8. The van der Waals surface area contributed by atoms with Gasteiger partial charge in [-0.2, -0.15) is 0 Å². The van der Waals surface area contributed by atoms with E-state index in [2.05, 4.69) is 0 Å². The number of unbranched alkanes of at least 4 members (excludes halogenated alkanes) is 3. The summed E-state index contributed by atoms with van der Waals surface area (Å²) in [5, 5.41) is 37.2. The Morgan fingerprint density at radius 1 is 1.00 bits per heavy atom. The van der Waals surface area contributed by atoms with E-state index in [1.165, 1.54) is 0 Å². The van der Waals surface area contributed by atoms with Gasteiger partial charge in [0.25, 0.3) is 0 Å². The molecule has 0 amide bonds. The van der Waals surface area contributed by atoms with Gasteiger partial charge in [-0.05, 0) is 33.0 Å². The Kier molecular flexibility index (Phi) is 10.5. The number of nitrogens with zero attached hydrogens (tertiary/aromatic N) is 1. The first kappa shape index (κ1) is 17.8. The minimum Gasteiger partial charge on any atom is -0.395 e. The van der Waals surface area contributed by atoms with E-state index in [-0.39, 0.29) is 6.61 Å². The highest BCUT2D eigenvalue weighted by Gasteiger charge is 2.28. The molecular weight excluding hydrogens is 236 g/mol. The third-order valence-electron chi connectivity index (χ3n) is 3.19. The molecule has 6 heteroatoms. The molecule has 0 rings (SSSR count). The molecule has 18 heavy (non-hydrogen) atoms. The van der Waals surface area contributed by atoms with Gasteiger partial charge in [0.05, 0.1) is 25.4 Å². The second kappa shape index (κ2) is 10.7. The molecule has 0 aromatic carbocycles. The summed E-state index contributed by atoms with van der Waals surface area (Å²) in [6.45, 7) is 0.668. The maximum Gasteiger partial charge on any atom is 0.104 e. The highest BCUT2D eigenvalue weighted by atomic mass is 16.4. The molecule has 6 nitrogen and oxygen atoms in total. The van der Waals surface area contributed by atoms with Gasteiger partial charge >= 0.3 is 0 Å². The molecule has 0 heterocycles. The topological polar surface area (TPSA) is 110 Å². The fourth-order valence-electron chi connectivity index (χ4n) is 1.90. The molecule has 0 aromatic heterocycles. The third-order valence-corrected chi connectivity index (χ3v) is 3.19. The molecule has 0 aromatic rings. The van der Waals surface area contributed by atoms with Gasteiger partial charge in [-0.25, -0.2) is 0 Å². The number of nitrogens with two attached hydrogens (primary N) is 1. The van der Waals surface area contributed by atoms with Crippen molar-refractivity contribution in [3.63, 3.8) is 0 Å². The molecule has 3 atom stereocenters. The summed E-state index contributed by atoms with van der Waals surface area (Å²) in [6.07, 6.45) is 1.73. The van der Waals surface area contributed by atoms with Crippen LogP contribution in [0.25, 0.3) is 0 Å². The molecule has 0 saturated carbocycles. The van der Waals surface area contributed by atoms with Crippen LogP contribution < -0.4 is 5.73 Å². The monoisotopic (exact) mass is 264 g/mol. The van der Waals surface area contributed by atoms with E-state index in [1.54, 1.807) is 7.05 Å². The number of aliphatic hydroxyl groups excluding tert-OH is 4. The predicted molar refractivity (Wildman–Crippen MR) is 70.1 cm³/mol. The van der Waals surface area contributed by atoms with Crippen LogP contribution in [0, 0.1) is 0 Å². The van der Waals surface area contributed by atoms with Crippen molar-refractivity contribution >= 4 is 0 Å². The molecule has 0 unspecified atom stereocenters. The molecule has 0 spiro atoms. The van der Waals surface area contributed by atoms with E-state index in [0.717, 1.165) is 32.2 Å². The van der Waals surface area contributed by atoms with Gasteiger partial charge in [0, 0.05) is 0 Å².